The van der Waals surface area contributed by atoms with Gasteiger partial charge in [0.2, 0.25) is 5.91 Å². The van der Waals surface area contributed by atoms with Crippen LogP contribution in [0.4, 0.5) is 13.2 Å². The number of halogens is 3. The number of alkyl halides is 3. The first-order valence-electron chi connectivity index (χ1n) is 6.24. The molecule has 1 aromatic carbocycles. The molecule has 116 valence electrons. The van der Waals surface area contributed by atoms with Crippen molar-refractivity contribution in [1.29, 1.82) is 0 Å². The number of carbonyl (C=O) groups excluding carboxylic acids is 2. The van der Waals surface area contributed by atoms with Crippen molar-refractivity contribution in [2.75, 3.05) is 7.11 Å². The highest BCUT2D eigenvalue weighted by Crippen LogP contribution is 2.29. The van der Waals surface area contributed by atoms with Crippen LogP contribution in [-0.4, -0.2) is 19.0 Å². The minimum atomic E-state index is -4.42. The Labute approximate surface area is 120 Å². The summed E-state index contributed by atoms with van der Waals surface area (Å²) in [6, 6.07) is 4.71. The number of hydrogen-bond donors (Lipinski definition) is 1. The Morgan fingerprint density at radius 2 is 2.00 bits per heavy atom. The van der Waals surface area contributed by atoms with Crippen LogP contribution >= 0.6 is 0 Å². The standard InChI is InChI=1S/C14H16F3NO3/c1-9(6-12(19)21-2)13(20)18-8-10-4-3-5-11(7-10)14(15,16)17/h3-5,7,9H,6,8H2,1-2H3,(H,18,20)/t9-/m1/s1. The van der Waals surface area contributed by atoms with Gasteiger partial charge in [-0.05, 0) is 17.7 Å². The van der Waals surface area contributed by atoms with E-state index in [1.54, 1.807) is 6.92 Å². The number of benzene rings is 1. The molecule has 0 unspecified atom stereocenters. The highest BCUT2D eigenvalue weighted by atomic mass is 19.4. The van der Waals surface area contributed by atoms with Crippen LogP contribution in [0.3, 0.4) is 0 Å². The average molecular weight is 303 g/mol. The highest BCUT2D eigenvalue weighted by Gasteiger charge is 2.30. The Morgan fingerprint density at radius 3 is 2.57 bits per heavy atom. The van der Waals surface area contributed by atoms with E-state index in [9.17, 15) is 22.8 Å². The van der Waals surface area contributed by atoms with Gasteiger partial charge in [-0.3, -0.25) is 9.59 Å². The summed E-state index contributed by atoms with van der Waals surface area (Å²) in [6.45, 7) is 1.51. The van der Waals surface area contributed by atoms with Gasteiger partial charge in [0.25, 0.3) is 0 Å². The first-order chi connectivity index (χ1) is 9.74. The second-order valence-electron chi connectivity index (χ2n) is 4.60. The lowest BCUT2D eigenvalue weighted by molar-refractivity contribution is -0.144. The number of ether oxygens (including phenoxy) is 1. The number of nitrogens with one attached hydrogen (secondary N) is 1. The summed E-state index contributed by atoms with van der Waals surface area (Å²) in [6.07, 6.45) is -4.50. The predicted molar refractivity (Wildman–Crippen MR) is 69.1 cm³/mol. The van der Waals surface area contributed by atoms with E-state index in [1.165, 1.54) is 19.2 Å². The summed E-state index contributed by atoms with van der Waals surface area (Å²) in [5.74, 6) is -1.54. The fourth-order valence-electron chi connectivity index (χ4n) is 1.65. The topological polar surface area (TPSA) is 55.4 Å². The van der Waals surface area contributed by atoms with Crippen molar-refractivity contribution in [1.82, 2.24) is 5.32 Å². The van der Waals surface area contributed by atoms with Crippen LogP contribution in [0.25, 0.3) is 0 Å². The minimum Gasteiger partial charge on any atom is -0.469 e. The molecular formula is C14H16F3NO3. The zero-order valence-electron chi connectivity index (χ0n) is 11.7. The SMILES string of the molecule is COC(=O)C[C@@H](C)C(=O)NCc1cccc(C(F)(F)F)c1. The molecule has 7 heteroatoms. The zero-order chi connectivity index (χ0) is 16.0. The van der Waals surface area contributed by atoms with Gasteiger partial charge in [-0.1, -0.05) is 19.1 Å². The summed E-state index contributed by atoms with van der Waals surface area (Å²) >= 11 is 0. The van der Waals surface area contributed by atoms with Crippen LogP contribution < -0.4 is 5.32 Å². The third-order valence-electron chi connectivity index (χ3n) is 2.87. The Morgan fingerprint density at radius 1 is 1.33 bits per heavy atom. The molecule has 21 heavy (non-hydrogen) atoms. The molecule has 0 spiro atoms. The molecule has 1 rings (SSSR count). The Bertz CT molecular complexity index is 514. The normalized spacial score (nSPS) is 12.6. The maximum absolute atomic E-state index is 12.5. The number of rotatable bonds is 5. The van der Waals surface area contributed by atoms with Gasteiger partial charge in [-0.2, -0.15) is 13.2 Å². The molecule has 1 aromatic rings. The highest BCUT2D eigenvalue weighted by molar-refractivity contribution is 5.83. The van der Waals surface area contributed by atoms with Crippen molar-refractivity contribution in [2.45, 2.75) is 26.1 Å². The second kappa shape index (κ2) is 7.10. The van der Waals surface area contributed by atoms with Crippen molar-refractivity contribution in [3.63, 3.8) is 0 Å². The molecule has 1 amide bonds. The van der Waals surface area contributed by atoms with Crippen LogP contribution in [-0.2, 0) is 27.0 Å². The van der Waals surface area contributed by atoms with Crippen molar-refractivity contribution < 1.29 is 27.5 Å². The van der Waals surface area contributed by atoms with E-state index < -0.39 is 29.5 Å². The fraction of sp³-hybridized carbons (Fsp3) is 0.429. The van der Waals surface area contributed by atoms with Gasteiger partial charge >= 0.3 is 12.1 Å². The van der Waals surface area contributed by atoms with Crippen LogP contribution in [0.1, 0.15) is 24.5 Å². The number of methoxy groups -OCH3 is 1. The van der Waals surface area contributed by atoms with E-state index in [4.69, 9.17) is 0 Å². The first kappa shape index (κ1) is 17.0. The molecule has 0 aromatic heterocycles. The van der Waals surface area contributed by atoms with Crippen LogP contribution in [0, 0.1) is 5.92 Å². The van der Waals surface area contributed by atoms with Crippen LogP contribution in [0.15, 0.2) is 24.3 Å². The van der Waals surface area contributed by atoms with Crippen LogP contribution in [0.2, 0.25) is 0 Å². The second-order valence-corrected chi connectivity index (χ2v) is 4.60. The van der Waals surface area contributed by atoms with Gasteiger partial charge in [0.15, 0.2) is 0 Å². The van der Waals surface area contributed by atoms with E-state index in [2.05, 4.69) is 10.1 Å². The summed E-state index contributed by atoms with van der Waals surface area (Å²) < 4.78 is 42.1. The molecule has 0 aliphatic rings. The van der Waals surface area contributed by atoms with Gasteiger partial charge < -0.3 is 10.1 Å². The largest absolute Gasteiger partial charge is 0.469 e. The fourth-order valence-corrected chi connectivity index (χ4v) is 1.65. The molecule has 0 aliphatic heterocycles. The molecule has 0 radical (unpaired) electrons. The van der Waals surface area contributed by atoms with Crippen molar-refractivity contribution >= 4 is 11.9 Å². The number of amides is 1. The third kappa shape index (κ3) is 5.45. The molecule has 1 atom stereocenters. The van der Waals surface area contributed by atoms with Crippen molar-refractivity contribution in [3.05, 3.63) is 35.4 Å². The first-order valence-corrected chi connectivity index (χ1v) is 6.24. The number of carbonyl (C=O) groups is 2. The van der Waals surface area contributed by atoms with E-state index in [0.29, 0.717) is 5.56 Å². The molecule has 0 saturated carbocycles. The molecular weight excluding hydrogens is 287 g/mol. The molecule has 0 saturated heterocycles. The summed E-state index contributed by atoms with van der Waals surface area (Å²) in [4.78, 5) is 22.7. The molecule has 0 aliphatic carbocycles. The average Bonchev–Trinajstić information content (AvgIpc) is 2.43. The van der Waals surface area contributed by atoms with Crippen LogP contribution in [0.5, 0.6) is 0 Å². The number of esters is 1. The molecule has 1 N–H and O–H groups in total. The summed E-state index contributed by atoms with van der Waals surface area (Å²) in [5.41, 5.74) is -0.430. The molecule has 4 nitrogen and oxygen atoms in total. The van der Waals surface area contributed by atoms with Gasteiger partial charge in [-0.15, -0.1) is 0 Å². The quantitative estimate of drug-likeness (QED) is 0.850. The molecule has 0 fully saturated rings. The Balaban J connectivity index is 2.59. The predicted octanol–water partition coefficient (Wildman–Crippen LogP) is 2.52. The summed E-state index contributed by atoms with van der Waals surface area (Å²) in [7, 11) is 1.22. The van der Waals surface area contributed by atoms with Gasteiger partial charge in [0.05, 0.1) is 19.1 Å². The van der Waals surface area contributed by atoms with E-state index >= 15 is 0 Å². The van der Waals surface area contributed by atoms with Crippen molar-refractivity contribution in [3.8, 4) is 0 Å². The molecule has 0 bridgehead atoms. The van der Waals surface area contributed by atoms with Gasteiger partial charge in [0.1, 0.15) is 0 Å². The van der Waals surface area contributed by atoms with Crippen molar-refractivity contribution in [2.24, 2.45) is 5.92 Å². The zero-order valence-corrected chi connectivity index (χ0v) is 11.7. The number of hydrogen-bond acceptors (Lipinski definition) is 3. The van der Waals surface area contributed by atoms with Gasteiger partial charge in [0, 0.05) is 12.5 Å². The van der Waals surface area contributed by atoms with E-state index in [0.717, 1.165) is 12.1 Å². The Kier molecular flexibility index (Phi) is 5.75. The lowest BCUT2D eigenvalue weighted by Gasteiger charge is -2.12. The van der Waals surface area contributed by atoms with E-state index in [-0.39, 0.29) is 13.0 Å². The third-order valence-corrected chi connectivity index (χ3v) is 2.87. The van der Waals surface area contributed by atoms with Gasteiger partial charge in [-0.25, -0.2) is 0 Å². The lowest BCUT2D eigenvalue weighted by Crippen LogP contribution is -2.30. The lowest BCUT2D eigenvalue weighted by atomic mass is 10.1. The summed E-state index contributed by atoms with van der Waals surface area (Å²) in [5, 5.41) is 2.49. The molecule has 0 heterocycles. The monoisotopic (exact) mass is 303 g/mol. The Hall–Kier alpha value is -2.05. The maximum atomic E-state index is 12.5. The minimum absolute atomic E-state index is 0.0335. The smallest absolute Gasteiger partial charge is 0.416 e. The van der Waals surface area contributed by atoms with E-state index in [1.807, 2.05) is 0 Å². The maximum Gasteiger partial charge on any atom is 0.416 e.